The smallest absolute Gasteiger partial charge is 0.220 e. The number of nitrogens with zero attached hydrogens (tertiary/aromatic N) is 1. The van der Waals surface area contributed by atoms with Crippen LogP contribution in [0, 0.1) is 5.92 Å². The van der Waals surface area contributed by atoms with Gasteiger partial charge in [0.25, 0.3) is 0 Å². The van der Waals surface area contributed by atoms with E-state index >= 15 is 0 Å². The summed E-state index contributed by atoms with van der Waals surface area (Å²) >= 11 is 0. The maximum atomic E-state index is 11.7. The average molecular weight is 328 g/mol. The van der Waals surface area contributed by atoms with E-state index in [4.69, 9.17) is 0 Å². The van der Waals surface area contributed by atoms with Gasteiger partial charge in [-0.05, 0) is 52.2 Å². The van der Waals surface area contributed by atoms with Crippen LogP contribution in [-0.2, 0) is 4.79 Å². The Kier molecular flexibility index (Phi) is 14.1. The van der Waals surface area contributed by atoms with Gasteiger partial charge in [-0.25, -0.2) is 0 Å². The van der Waals surface area contributed by atoms with Crippen LogP contribution < -0.4 is 10.6 Å². The second kappa shape index (κ2) is 12.7. The molecule has 1 saturated heterocycles. The fourth-order valence-electron chi connectivity index (χ4n) is 2.50. The van der Waals surface area contributed by atoms with E-state index < -0.39 is 0 Å². The maximum absolute atomic E-state index is 11.7. The second-order valence-corrected chi connectivity index (χ2v) is 5.47. The van der Waals surface area contributed by atoms with Crippen LogP contribution in [0.4, 0.5) is 0 Å². The summed E-state index contributed by atoms with van der Waals surface area (Å²) in [4.78, 5) is 14.1. The molecule has 4 nitrogen and oxygen atoms in total. The first-order valence-corrected chi connectivity index (χ1v) is 7.35. The van der Waals surface area contributed by atoms with Gasteiger partial charge >= 0.3 is 0 Å². The van der Waals surface area contributed by atoms with Crippen molar-refractivity contribution in [3.05, 3.63) is 0 Å². The van der Waals surface area contributed by atoms with Crippen LogP contribution in [0.2, 0.25) is 0 Å². The summed E-state index contributed by atoms with van der Waals surface area (Å²) in [6.45, 7) is 11.5. The van der Waals surface area contributed by atoms with Crippen molar-refractivity contribution in [2.45, 2.75) is 46.1 Å². The molecule has 0 aromatic heterocycles. The van der Waals surface area contributed by atoms with Crippen molar-refractivity contribution in [1.82, 2.24) is 15.5 Å². The second-order valence-electron chi connectivity index (χ2n) is 5.47. The Morgan fingerprint density at radius 1 is 1.40 bits per heavy atom. The van der Waals surface area contributed by atoms with E-state index in [0.29, 0.717) is 18.4 Å². The highest BCUT2D eigenvalue weighted by Crippen LogP contribution is 2.13. The lowest BCUT2D eigenvalue weighted by atomic mass is 10.0. The Balaban J connectivity index is 0. The summed E-state index contributed by atoms with van der Waals surface area (Å²) in [7, 11) is 0. The first-order chi connectivity index (χ1) is 8.63. The number of carbonyl (C=O) groups is 1. The number of nitrogens with one attached hydrogen (secondary N) is 2. The average Bonchev–Trinajstić information content (AvgIpc) is 2.84. The zero-order valence-electron chi connectivity index (χ0n) is 13.0. The van der Waals surface area contributed by atoms with Gasteiger partial charge in [0.05, 0.1) is 0 Å². The third kappa shape index (κ3) is 9.01. The molecule has 0 saturated carbocycles. The van der Waals surface area contributed by atoms with Gasteiger partial charge in [-0.2, -0.15) is 0 Å². The molecule has 6 heteroatoms. The maximum Gasteiger partial charge on any atom is 0.220 e. The summed E-state index contributed by atoms with van der Waals surface area (Å²) in [5.41, 5.74) is 0. The molecular formula is C14H31Cl2N3O. The van der Waals surface area contributed by atoms with Crippen LogP contribution in [0.3, 0.4) is 0 Å². The fourth-order valence-corrected chi connectivity index (χ4v) is 2.50. The predicted molar refractivity (Wildman–Crippen MR) is 90.1 cm³/mol. The van der Waals surface area contributed by atoms with Gasteiger partial charge in [-0.1, -0.05) is 6.92 Å². The number of carbonyl (C=O) groups excluding carboxylic acids is 1. The first kappa shape index (κ1) is 22.3. The number of hydrogen-bond acceptors (Lipinski definition) is 3. The Bertz CT molecular complexity index is 247. The summed E-state index contributed by atoms with van der Waals surface area (Å²) in [5.74, 6) is 0.917. The molecule has 0 radical (unpaired) electrons. The van der Waals surface area contributed by atoms with E-state index in [1.54, 1.807) is 0 Å². The molecule has 0 aromatic rings. The topological polar surface area (TPSA) is 44.4 Å². The molecule has 1 aliphatic rings. The molecule has 1 fully saturated rings. The third-order valence-electron chi connectivity index (χ3n) is 3.80. The van der Waals surface area contributed by atoms with Crippen LogP contribution in [0.5, 0.6) is 0 Å². The molecular weight excluding hydrogens is 297 g/mol. The summed E-state index contributed by atoms with van der Waals surface area (Å²) in [6.07, 6.45) is 2.94. The summed E-state index contributed by atoms with van der Waals surface area (Å²) < 4.78 is 0. The van der Waals surface area contributed by atoms with Gasteiger partial charge < -0.3 is 10.6 Å². The molecule has 1 rings (SSSR count). The normalized spacial score (nSPS) is 17.8. The highest BCUT2D eigenvalue weighted by Gasteiger charge is 2.15. The SMILES string of the molecule is CCN(CCNC(=O)CCC1CCNC1)C(C)C.Cl.Cl. The van der Waals surface area contributed by atoms with E-state index in [9.17, 15) is 4.79 Å². The number of halogens is 2. The fraction of sp³-hybridized carbons (Fsp3) is 0.929. The van der Waals surface area contributed by atoms with Crippen molar-refractivity contribution in [2.24, 2.45) is 5.92 Å². The molecule has 0 aliphatic carbocycles. The predicted octanol–water partition coefficient (Wildman–Crippen LogP) is 2.07. The Morgan fingerprint density at radius 3 is 2.60 bits per heavy atom. The number of likely N-dealkylation sites (N-methyl/N-ethyl adjacent to an activating group) is 1. The zero-order chi connectivity index (χ0) is 13.4. The van der Waals surface area contributed by atoms with Gasteiger partial charge in [0.2, 0.25) is 5.91 Å². The largest absolute Gasteiger partial charge is 0.355 e. The third-order valence-corrected chi connectivity index (χ3v) is 3.80. The van der Waals surface area contributed by atoms with E-state index in [2.05, 4.69) is 36.3 Å². The molecule has 0 aromatic carbocycles. The van der Waals surface area contributed by atoms with Crippen LogP contribution in [0.1, 0.15) is 40.0 Å². The molecule has 1 aliphatic heterocycles. The molecule has 2 N–H and O–H groups in total. The zero-order valence-corrected chi connectivity index (χ0v) is 14.6. The number of amides is 1. The highest BCUT2D eigenvalue weighted by molar-refractivity contribution is 5.85. The first-order valence-electron chi connectivity index (χ1n) is 7.35. The van der Waals surface area contributed by atoms with Gasteiger partial charge in [0, 0.05) is 25.6 Å². The minimum atomic E-state index is 0. The van der Waals surface area contributed by atoms with Crippen molar-refractivity contribution in [3.8, 4) is 0 Å². The van der Waals surface area contributed by atoms with E-state index in [1.807, 2.05) is 0 Å². The highest BCUT2D eigenvalue weighted by atomic mass is 35.5. The minimum Gasteiger partial charge on any atom is -0.355 e. The molecule has 1 heterocycles. The monoisotopic (exact) mass is 327 g/mol. The Hall–Kier alpha value is -0.0300. The van der Waals surface area contributed by atoms with Crippen molar-refractivity contribution in [3.63, 3.8) is 0 Å². The van der Waals surface area contributed by atoms with Crippen molar-refractivity contribution < 1.29 is 4.79 Å². The van der Waals surface area contributed by atoms with Crippen LogP contribution in [0.15, 0.2) is 0 Å². The van der Waals surface area contributed by atoms with Gasteiger partial charge in [0.15, 0.2) is 0 Å². The van der Waals surface area contributed by atoms with E-state index in [1.165, 1.54) is 6.42 Å². The Labute approximate surface area is 136 Å². The summed E-state index contributed by atoms with van der Waals surface area (Å²) in [5, 5.41) is 6.36. The number of rotatable bonds is 8. The van der Waals surface area contributed by atoms with Crippen molar-refractivity contribution in [1.29, 1.82) is 0 Å². The quantitative estimate of drug-likeness (QED) is 0.717. The van der Waals surface area contributed by atoms with Crippen LogP contribution in [-0.4, -0.2) is 49.6 Å². The molecule has 0 spiro atoms. The lowest BCUT2D eigenvalue weighted by Crippen LogP contribution is -2.38. The molecule has 0 bridgehead atoms. The molecule has 1 unspecified atom stereocenters. The molecule has 1 atom stereocenters. The molecule has 20 heavy (non-hydrogen) atoms. The van der Waals surface area contributed by atoms with E-state index in [-0.39, 0.29) is 30.7 Å². The molecule has 1 amide bonds. The minimum absolute atomic E-state index is 0. The molecule has 122 valence electrons. The number of hydrogen-bond donors (Lipinski definition) is 2. The lowest BCUT2D eigenvalue weighted by Gasteiger charge is -2.24. The van der Waals surface area contributed by atoms with Crippen molar-refractivity contribution >= 4 is 30.7 Å². The van der Waals surface area contributed by atoms with Crippen molar-refractivity contribution in [2.75, 3.05) is 32.7 Å². The van der Waals surface area contributed by atoms with Crippen LogP contribution >= 0.6 is 24.8 Å². The van der Waals surface area contributed by atoms with Gasteiger partial charge in [-0.3, -0.25) is 9.69 Å². The lowest BCUT2D eigenvalue weighted by molar-refractivity contribution is -0.121. The van der Waals surface area contributed by atoms with Gasteiger partial charge in [-0.15, -0.1) is 24.8 Å². The summed E-state index contributed by atoms with van der Waals surface area (Å²) in [6, 6.07) is 0.552. The van der Waals surface area contributed by atoms with Gasteiger partial charge in [0.1, 0.15) is 0 Å². The Morgan fingerprint density at radius 2 is 2.10 bits per heavy atom. The van der Waals surface area contributed by atoms with Crippen LogP contribution in [0.25, 0.3) is 0 Å². The van der Waals surface area contributed by atoms with E-state index in [0.717, 1.165) is 39.1 Å². The standard InChI is InChI=1S/C14H29N3O.2ClH/c1-4-17(12(2)3)10-9-16-14(18)6-5-13-7-8-15-11-13;;/h12-13,15H,4-11H2,1-3H3,(H,16,18);2*1H.